The number of nitrogens with zero attached hydrogens (tertiary/aromatic N) is 3. The van der Waals surface area contributed by atoms with Gasteiger partial charge < -0.3 is 10.5 Å². The van der Waals surface area contributed by atoms with Gasteiger partial charge in [-0.05, 0) is 32.0 Å². The van der Waals surface area contributed by atoms with E-state index in [1.165, 1.54) is 5.56 Å². The number of hydrogen-bond donors (Lipinski definition) is 1. The Kier molecular flexibility index (Phi) is 3.94. The first-order valence-electron chi connectivity index (χ1n) is 6.00. The highest BCUT2D eigenvalue weighted by atomic mass is 16.5. The summed E-state index contributed by atoms with van der Waals surface area (Å²) in [5.41, 5.74) is 8.68. The second-order valence-electron chi connectivity index (χ2n) is 4.19. The van der Waals surface area contributed by atoms with Crippen LogP contribution in [0.5, 0.6) is 5.75 Å². The number of ether oxygens (including phenoxy) is 1. The predicted molar refractivity (Wildman–Crippen MR) is 70.4 cm³/mol. The Morgan fingerprint density at radius 1 is 1.39 bits per heavy atom. The van der Waals surface area contributed by atoms with E-state index in [1.807, 2.05) is 16.8 Å². The van der Waals surface area contributed by atoms with Crippen molar-refractivity contribution >= 4 is 0 Å². The largest absolute Gasteiger partial charge is 0.496 e. The highest BCUT2D eigenvalue weighted by molar-refractivity contribution is 5.67. The molecule has 0 aliphatic carbocycles. The standard InChI is InChI=1S/C13H18N4O/c1-10-4-5-13(18-2)11(8-10)12-9-15-16-17(12)7-3-6-14/h4-5,8-9H,3,6-7,14H2,1-2H3. The molecule has 18 heavy (non-hydrogen) atoms. The van der Waals surface area contributed by atoms with Crippen molar-refractivity contribution in [1.29, 1.82) is 0 Å². The third kappa shape index (κ3) is 2.51. The van der Waals surface area contributed by atoms with Crippen LogP contribution in [0.1, 0.15) is 12.0 Å². The molecule has 1 aromatic heterocycles. The van der Waals surface area contributed by atoms with Crippen LogP contribution in [0.25, 0.3) is 11.3 Å². The van der Waals surface area contributed by atoms with E-state index in [0.717, 1.165) is 30.0 Å². The second-order valence-corrected chi connectivity index (χ2v) is 4.19. The van der Waals surface area contributed by atoms with Crippen molar-refractivity contribution in [3.8, 4) is 17.0 Å². The van der Waals surface area contributed by atoms with E-state index >= 15 is 0 Å². The number of aryl methyl sites for hydroxylation is 2. The van der Waals surface area contributed by atoms with Gasteiger partial charge in [0.1, 0.15) is 5.75 Å². The van der Waals surface area contributed by atoms with Crippen molar-refractivity contribution in [2.24, 2.45) is 5.73 Å². The summed E-state index contributed by atoms with van der Waals surface area (Å²) in [4.78, 5) is 0. The van der Waals surface area contributed by atoms with Gasteiger partial charge >= 0.3 is 0 Å². The zero-order valence-corrected chi connectivity index (χ0v) is 10.8. The smallest absolute Gasteiger partial charge is 0.128 e. The molecule has 0 radical (unpaired) electrons. The van der Waals surface area contributed by atoms with Gasteiger partial charge in [-0.2, -0.15) is 0 Å². The van der Waals surface area contributed by atoms with Crippen LogP contribution in [0, 0.1) is 6.92 Å². The lowest BCUT2D eigenvalue weighted by molar-refractivity contribution is 0.415. The molecule has 5 heteroatoms. The molecule has 96 valence electrons. The van der Waals surface area contributed by atoms with Gasteiger partial charge in [-0.3, -0.25) is 0 Å². The van der Waals surface area contributed by atoms with Crippen molar-refractivity contribution in [2.45, 2.75) is 19.9 Å². The topological polar surface area (TPSA) is 66.0 Å². The maximum atomic E-state index is 5.53. The number of rotatable bonds is 5. The molecule has 5 nitrogen and oxygen atoms in total. The Labute approximate surface area is 107 Å². The highest BCUT2D eigenvalue weighted by Gasteiger charge is 2.11. The van der Waals surface area contributed by atoms with E-state index < -0.39 is 0 Å². The first-order chi connectivity index (χ1) is 8.76. The number of benzene rings is 1. The summed E-state index contributed by atoms with van der Waals surface area (Å²) in [5, 5.41) is 8.06. The van der Waals surface area contributed by atoms with Crippen LogP contribution in [0.3, 0.4) is 0 Å². The molecule has 0 bridgehead atoms. The summed E-state index contributed by atoms with van der Waals surface area (Å²) >= 11 is 0. The summed E-state index contributed by atoms with van der Waals surface area (Å²) in [6.45, 7) is 3.46. The number of hydrogen-bond acceptors (Lipinski definition) is 4. The zero-order valence-electron chi connectivity index (χ0n) is 10.8. The normalized spacial score (nSPS) is 10.6. The van der Waals surface area contributed by atoms with E-state index in [0.29, 0.717) is 6.54 Å². The molecule has 0 unspecified atom stereocenters. The van der Waals surface area contributed by atoms with Crippen molar-refractivity contribution in [1.82, 2.24) is 15.0 Å². The Balaban J connectivity index is 2.41. The van der Waals surface area contributed by atoms with Gasteiger partial charge in [0.2, 0.25) is 0 Å². The molecule has 0 aliphatic heterocycles. The fourth-order valence-electron chi connectivity index (χ4n) is 1.89. The van der Waals surface area contributed by atoms with Gasteiger partial charge in [0.05, 0.1) is 19.0 Å². The molecule has 0 saturated heterocycles. The van der Waals surface area contributed by atoms with Crippen LogP contribution in [0.4, 0.5) is 0 Å². The molecule has 2 rings (SSSR count). The minimum Gasteiger partial charge on any atom is -0.496 e. The Bertz CT molecular complexity index is 521. The molecule has 0 fully saturated rings. The molecule has 2 aromatic rings. The van der Waals surface area contributed by atoms with Crippen LogP contribution in [-0.2, 0) is 6.54 Å². The summed E-state index contributed by atoms with van der Waals surface area (Å²) < 4.78 is 7.26. The third-order valence-electron chi connectivity index (χ3n) is 2.82. The minimum atomic E-state index is 0.643. The lowest BCUT2D eigenvalue weighted by Crippen LogP contribution is -2.08. The van der Waals surface area contributed by atoms with Crippen LogP contribution >= 0.6 is 0 Å². The van der Waals surface area contributed by atoms with Crippen molar-refractivity contribution < 1.29 is 4.74 Å². The monoisotopic (exact) mass is 246 g/mol. The van der Waals surface area contributed by atoms with Gasteiger partial charge in [0, 0.05) is 12.1 Å². The Morgan fingerprint density at radius 3 is 2.94 bits per heavy atom. The van der Waals surface area contributed by atoms with Gasteiger partial charge in [0.15, 0.2) is 0 Å². The molecular formula is C13H18N4O. The Hall–Kier alpha value is -1.88. The fourth-order valence-corrected chi connectivity index (χ4v) is 1.89. The van der Waals surface area contributed by atoms with E-state index in [1.54, 1.807) is 13.3 Å². The third-order valence-corrected chi connectivity index (χ3v) is 2.82. The van der Waals surface area contributed by atoms with Gasteiger partial charge in [-0.1, -0.05) is 16.8 Å². The average molecular weight is 246 g/mol. The van der Waals surface area contributed by atoms with E-state index in [4.69, 9.17) is 10.5 Å². The molecule has 0 amide bonds. The van der Waals surface area contributed by atoms with Crippen LogP contribution in [0.15, 0.2) is 24.4 Å². The predicted octanol–water partition coefficient (Wildman–Crippen LogP) is 1.61. The Morgan fingerprint density at radius 2 is 2.22 bits per heavy atom. The van der Waals surface area contributed by atoms with E-state index in [-0.39, 0.29) is 0 Å². The summed E-state index contributed by atoms with van der Waals surface area (Å²) in [5.74, 6) is 0.830. The molecule has 0 aliphatic rings. The van der Waals surface area contributed by atoms with Crippen molar-refractivity contribution in [3.05, 3.63) is 30.0 Å². The maximum absolute atomic E-state index is 5.53. The number of aromatic nitrogens is 3. The average Bonchev–Trinajstić information content (AvgIpc) is 2.84. The number of nitrogens with two attached hydrogens (primary N) is 1. The SMILES string of the molecule is COc1ccc(C)cc1-c1cnnn1CCCN. The molecular weight excluding hydrogens is 228 g/mol. The molecule has 0 spiro atoms. The molecule has 0 saturated carbocycles. The lowest BCUT2D eigenvalue weighted by atomic mass is 10.1. The summed E-state index contributed by atoms with van der Waals surface area (Å²) in [6, 6.07) is 6.07. The van der Waals surface area contributed by atoms with Gasteiger partial charge in [-0.15, -0.1) is 5.10 Å². The second kappa shape index (κ2) is 5.64. The molecule has 0 atom stereocenters. The summed E-state index contributed by atoms with van der Waals surface area (Å²) in [7, 11) is 1.67. The first kappa shape index (κ1) is 12.6. The fraction of sp³-hybridized carbons (Fsp3) is 0.385. The number of methoxy groups -OCH3 is 1. The molecule has 1 aromatic carbocycles. The molecule has 1 heterocycles. The quantitative estimate of drug-likeness (QED) is 0.870. The van der Waals surface area contributed by atoms with Gasteiger partial charge in [-0.25, -0.2) is 4.68 Å². The maximum Gasteiger partial charge on any atom is 0.128 e. The zero-order chi connectivity index (χ0) is 13.0. The van der Waals surface area contributed by atoms with E-state index in [9.17, 15) is 0 Å². The van der Waals surface area contributed by atoms with E-state index in [2.05, 4.69) is 23.3 Å². The summed E-state index contributed by atoms with van der Waals surface area (Å²) in [6.07, 6.45) is 2.64. The van der Waals surface area contributed by atoms with Crippen molar-refractivity contribution in [2.75, 3.05) is 13.7 Å². The van der Waals surface area contributed by atoms with Crippen LogP contribution in [0.2, 0.25) is 0 Å². The van der Waals surface area contributed by atoms with Gasteiger partial charge in [0.25, 0.3) is 0 Å². The lowest BCUT2D eigenvalue weighted by Gasteiger charge is -2.10. The van der Waals surface area contributed by atoms with Crippen LogP contribution < -0.4 is 10.5 Å². The highest BCUT2D eigenvalue weighted by Crippen LogP contribution is 2.30. The van der Waals surface area contributed by atoms with Crippen molar-refractivity contribution in [3.63, 3.8) is 0 Å². The minimum absolute atomic E-state index is 0.643. The first-order valence-corrected chi connectivity index (χ1v) is 6.00. The van der Waals surface area contributed by atoms with Crippen LogP contribution in [-0.4, -0.2) is 28.6 Å². The molecule has 2 N–H and O–H groups in total.